The van der Waals surface area contributed by atoms with Gasteiger partial charge in [0, 0.05) is 6.54 Å². The summed E-state index contributed by atoms with van der Waals surface area (Å²) in [5.74, 6) is -1.06. The largest absolute Gasteiger partial charge is 0.347 e. The van der Waals surface area contributed by atoms with E-state index in [1.165, 1.54) is 0 Å². The van der Waals surface area contributed by atoms with E-state index in [1.807, 2.05) is 74.5 Å². The van der Waals surface area contributed by atoms with E-state index >= 15 is 0 Å². The van der Waals surface area contributed by atoms with E-state index in [1.54, 1.807) is 0 Å². The summed E-state index contributed by atoms with van der Waals surface area (Å²) in [6.45, 7) is 4.29. The van der Waals surface area contributed by atoms with Crippen LogP contribution in [-0.2, 0) is 9.59 Å². The van der Waals surface area contributed by atoms with Crippen LogP contribution in [0.2, 0.25) is 0 Å². The summed E-state index contributed by atoms with van der Waals surface area (Å²) in [7, 11) is 0. The molecule has 0 bridgehead atoms. The molecule has 2 amide bonds. The molecule has 4 heteroatoms. The van der Waals surface area contributed by atoms with Crippen LogP contribution in [0.1, 0.15) is 36.9 Å². The van der Waals surface area contributed by atoms with Gasteiger partial charge in [0.05, 0.1) is 6.04 Å². The minimum absolute atomic E-state index is 0.152. The molecule has 0 saturated carbocycles. The third-order valence-corrected chi connectivity index (χ3v) is 3.79. The maximum absolute atomic E-state index is 12.0. The molecule has 4 nitrogen and oxygen atoms in total. The molecule has 0 heterocycles. The highest BCUT2D eigenvalue weighted by molar-refractivity contribution is 6.35. The van der Waals surface area contributed by atoms with Crippen molar-refractivity contribution in [1.82, 2.24) is 10.6 Å². The SMILES string of the molecule is C[C@@H](CNC(=O)C(=O)N[C@H](C)c1ccccc1)c1ccccc1. The Hall–Kier alpha value is -2.62. The topological polar surface area (TPSA) is 58.2 Å². The Morgan fingerprint density at radius 2 is 1.35 bits per heavy atom. The predicted molar refractivity (Wildman–Crippen MR) is 90.9 cm³/mol. The zero-order valence-corrected chi connectivity index (χ0v) is 13.5. The van der Waals surface area contributed by atoms with Crippen LogP contribution in [0.4, 0.5) is 0 Å². The molecule has 0 fully saturated rings. The Morgan fingerprint density at radius 1 is 0.826 bits per heavy atom. The molecule has 0 aliphatic heterocycles. The molecule has 2 atom stereocenters. The molecule has 2 aromatic carbocycles. The molecule has 0 aliphatic carbocycles. The van der Waals surface area contributed by atoms with Crippen LogP contribution in [0.15, 0.2) is 60.7 Å². The lowest BCUT2D eigenvalue weighted by Crippen LogP contribution is -2.42. The minimum atomic E-state index is -0.610. The van der Waals surface area contributed by atoms with E-state index in [0.29, 0.717) is 6.54 Å². The van der Waals surface area contributed by atoms with E-state index in [2.05, 4.69) is 10.6 Å². The van der Waals surface area contributed by atoms with Gasteiger partial charge in [0.25, 0.3) is 0 Å². The van der Waals surface area contributed by atoms with Crippen molar-refractivity contribution in [2.24, 2.45) is 0 Å². The van der Waals surface area contributed by atoms with Crippen molar-refractivity contribution in [3.8, 4) is 0 Å². The molecule has 0 saturated heterocycles. The zero-order valence-electron chi connectivity index (χ0n) is 13.5. The van der Waals surface area contributed by atoms with Crippen LogP contribution in [0.5, 0.6) is 0 Å². The standard InChI is InChI=1S/C19H22N2O2/c1-14(16-9-5-3-6-10-16)13-20-18(22)19(23)21-15(2)17-11-7-4-8-12-17/h3-12,14-15H,13H2,1-2H3,(H,20,22)(H,21,23)/t14-,15+/m0/s1. The summed E-state index contributed by atoms with van der Waals surface area (Å²) in [6, 6.07) is 19.2. The number of carbonyl (C=O) groups is 2. The van der Waals surface area contributed by atoms with Gasteiger partial charge in [-0.3, -0.25) is 9.59 Å². The number of benzene rings is 2. The first-order valence-corrected chi connectivity index (χ1v) is 7.76. The highest BCUT2D eigenvalue weighted by Crippen LogP contribution is 2.13. The fraction of sp³-hybridized carbons (Fsp3) is 0.263. The van der Waals surface area contributed by atoms with Gasteiger partial charge in [0.1, 0.15) is 0 Å². The molecular weight excluding hydrogens is 288 g/mol. The van der Waals surface area contributed by atoms with Gasteiger partial charge in [-0.05, 0) is 24.0 Å². The Balaban J connectivity index is 1.82. The second-order valence-corrected chi connectivity index (χ2v) is 5.63. The number of nitrogens with one attached hydrogen (secondary N) is 2. The Bertz CT molecular complexity index is 641. The molecule has 0 spiro atoms. The molecule has 23 heavy (non-hydrogen) atoms. The molecule has 0 aliphatic rings. The van der Waals surface area contributed by atoms with Gasteiger partial charge in [-0.2, -0.15) is 0 Å². The van der Waals surface area contributed by atoms with Gasteiger partial charge in [-0.25, -0.2) is 0 Å². The summed E-state index contributed by atoms with van der Waals surface area (Å²) in [5, 5.41) is 5.39. The van der Waals surface area contributed by atoms with E-state index in [4.69, 9.17) is 0 Å². The van der Waals surface area contributed by atoms with Crippen LogP contribution in [0, 0.1) is 0 Å². The summed E-state index contributed by atoms with van der Waals surface area (Å²) in [6.07, 6.45) is 0. The van der Waals surface area contributed by atoms with Gasteiger partial charge in [0.2, 0.25) is 0 Å². The lowest BCUT2D eigenvalue weighted by atomic mass is 10.0. The molecule has 0 radical (unpaired) electrons. The van der Waals surface area contributed by atoms with Crippen molar-refractivity contribution in [3.63, 3.8) is 0 Å². The van der Waals surface area contributed by atoms with Crippen LogP contribution >= 0.6 is 0 Å². The normalized spacial score (nSPS) is 13.0. The quantitative estimate of drug-likeness (QED) is 0.834. The van der Waals surface area contributed by atoms with E-state index in [-0.39, 0.29) is 12.0 Å². The molecule has 2 N–H and O–H groups in total. The monoisotopic (exact) mass is 310 g/mol. The summed E-state index contributed by atoms with van der Waals surface area (Å²) in [4.78, 5) is 23.9. The smallest absolute Gasteiger partial charge is 0.309 e. The molecule has 0 unspecified atom stereocenters. The van der Waals surface area contributed by atoms with Gasteiger partial charge in [-0.15, -0.1) is 0 Å². The second kappa shape index (κ2) is 8.13. The Morgan fingerprint density at radius 3 is 1.91 bits per heavy atom. The van der Waals surface area contributed by atoms with E-state index < -0.39 is 11.8 Å². The average Bonchev–Trinajstić information content (AvgIpc) is 2.60. The first-order chi connectivity index (χ1) is 11.1. The number of amides is 2. The van der Waals surface area contributed by atoms with E-state index in [9.17, 15) is 9.59 Å². The van der Waals surface area contributed by atoms with Crippen molar-refractivity contribution in [3.05, 3.63) is 71.8 Å². The van der Waals surface area contributed by atoms with Crippen LogP contribution in [-0.4, -0.2) is 18.4 Å². The van der Waals surface area contributed by atoms with Crippen LogP contribution in [0.25, 0.3) is 0 Å². The first kappa shape index (κ1) is 16.7. The lowest BCUT2D eigenvalue weighted by molar-refractivity contribution is -0.139. The number of rotatable bonds is 5. The van der Waals surface area contributed by atoms with Crippen molar-refractivity contribution in [1.29, 1.82) is 0 Å². The maximum Gasteiger partial charge on any atom is 0.309 e. The maximum atomic E-state index is 12.0. The third-order valence-electron chi connectivity index (χ3n) is 3.79. The summed E-state index contributed by atoms with van der Waals surface area (Å²) >= 11 is 0. The molecule has 2 rings (SSSR count). The fourth-order valence-electron chi connectivity index (χ4n) is 2.31. The van der Waals surface area contributed by atoms with Gasteiger partial charge in [-0.1, -0.05) is 67.6 Å². The predicted octanol–water partition coefficient (Wildman–Crippen LogP) is 2.78. The minimum Gasteiger partial charge on any atom is -0.347 e. The molecule has 120 valence electrons. The Labute approximate surface area is 136 Å². The summed E-state index contributed by atoms with van der Waals surface area (Å²) < 4.78 is 0. The van der Waals surface area contributed by atoms with Crippen LogP contribution < -0.4 is 10.6 Å². The zero-order chi connectivity index (χ0) is 16.7. The number of hydrogen-bond donors (Lipinski definition) is 2. The van der Waals surface area contributed by atoms with Gasteiger partial charge < -0.3 is 10.6 Å². The van der Waals surface area contributed by atoms with E-state index in [0.717, 1.165) is 11.1 Å². The van der Waals surface area contributed by atoms with Crippen molar-refractivity contribution < 1.29 is 9.59 Å². The van der Waals surface area contributed by atoms with Crippen molar-refractivity contribution in [2.45, 2.75) is 25.8 Å². The van der Waals surface area contributed by atoms with Crippen LogP contribution in [0.3, 0.4) is 0 Å². The average molecular weight is 310 g/mol. The molecular formula is C19H22N2O2. The highest BCUT2D eigenvalue weighted by Gasteiger charge is 2.17. The lowest BCUT2D eigenvalue weighted by Gasteiger charge is -2.15. The molecule has 2 aromatic rings. The highest BCUT2D eigenvalue weighted by atomic mass is 16.2. The number of hydrogen-bond acceptors (Lipinski definition) is 2. The molecule has 0 aromatic heterocycles. The summed E-state index contributed by atoms with van der Waals surface area (Å²) in [5.41, 5.74) is 2.09. The second-order valence-electron chi connectivity index (χ2n) is 5.63. The Kier molecular flexibility index (Phi) is 5.92. The van der Waals surface area contributed by atoms with Crippen molar-refractivity contribution in [2.75, 3.05) is 6.54 Å². The number of carbonyl (C=O) groups excluding carboxylic acids is 2. The first-order valence-electron chi connectivity index (χ1n) is 7.76. The van der Waals surface area contributed by atoms with Gasteiger partial charge in [0.15, 0.2) is 0 Å². The third kappa shape index (κ3) is 4.95. The van der Waals surface area contributed by atoms with Gasteiger partial charge >= 0.3 is 11.8 Å². The fourth-order valence-corrected chi connectivity index (χ4v) is 2.31. The van der Waals surface area contributed by atoms with Crippen molar-refractivity contribution >= 4 is 11.8 Å².